The fourth-order valence-corrected chi connectivity index (χ4v) is 8.54. The lowest BCUT2D eigenvalue weighted by molar-refractivity contribution is 1.07. The van der Waals surface area contributed by atoms with E-state index in [1.165, 1.54) is 49.0 Å². The zero-order valence-electron chi connectivity index (χ0n) is 32.7. The molecule has 3 heteroatoms. The molecular formula is C57H37N3. The molecule has 11 aromatic rings. The van der Waals surface area contributed by atoms with Gasteiger partial charge in [-0.1, -0.05) is 212 Å². The normalized spacial score (nSPS) is 11.3. The summed E-state index contributed by atoms with van der Waals surface area (Å²) in [5.41, 5.74) is 12.0. The molecule has 0 saturated heterocycles. The lowest BCUT2D eigenvalue weighted by Crippen LogP contribution is -2.01. The lowest BCUT2D eigenvalue weighted by Gasteiger charge is -2.15. The van der Waals surface area contributed by atoms with Crippen molar-refractivity contribution in [2.24, 2.45) is 0 Å². The van der Waals surface area contributed by atoms with Gasteiger partial charge in [0, 0.05) is 16.7 Å². The highest BCUT2D eigenvalue weighted by atomic mass is 15.0. The van der Waals surface area contributed by atoms with Crippen molar-refractivity contribution in [3.8, 4) is 78.7 Å². The molecule has 1 heterocycles. The van der Waals surface area contributed by atoms with Crippen molar-refractivity contribution in [1.29, 1.82) is 0 Å². The zero-order chi connectivity index (χ0) is 39.8. The molecule has 0 unspecified atom stereocenters. The second-order valence-corrected chi connectivity index (χ2v) is 15.2. The number of rotatable bonds is 7. The molecule has 0 bridgehead atoms. The first-order chi connectivity index (χ1) is 29.7. The Kier molecular flexibility index (Phi) is 8.83. The van der Waals surface area contributed by atoms with Crippen LogP contribution in [-0.4, -0.2) is 15.0 Å². The van der Waals surface area contributed by atoms with Gasteiger partial charge in [-0.05, 0) is 89.0 Å². The number of nitrogens with zero attached hydrogens (tertiary/aromatic N) is 3. The topological polar surface area (TPSA) is 38.7 Å². The Hall–Kier alpha value is -8.01. The Morgan fingerprint density at radius 3 is 1.47 bits per heavy atom. The molecule has 0 aliphatic rings. The predicted octanol–water partition coefficient (Wildman–Crippen LogP) is 15.0. The third-order valence-corrected chi connectivity index (χ3v) is 11.5. The van der Waals surface area contributed by atoms with Crippen LogP contribution < -0.4 is 0 Å². The van der Waals surface area contributed by atoms with Crippen molar-refractivity contribution in [2.75, 3.05) is 0 Å². The second-order valence-electron chi connectivity index (χ2n) is 15.2. The Labute approximate surface area is 349 Å². The van der Waals surface area contributed by atoms with Gasteiger partial charge >= 0.3 is 0 Å². The van der Waals surface area contributed by atoms with Crippen LogP contribution >= 0.6 is 0 Å². The van der Waals surface area contributed by atoms with Crippen LogP contribution in [0.5, 0.6) is 0 Å². The van der Waals surface area contributed by atoms with Crippen molar-refractivity contribution in [3.63, 3.8) is 0 Å². The van der Waals surface area contributed by atoms with Crippen LogP contribution in [0, 0.1) is 0 Å². The van der Waals surface area contributed by atoms with E-state index in [1.807, 2.05) is 12.1 Å². The molecule has 0 N–H and O–H groups in total. The van der Waals surface area contributed by atoms with Gasteiger partial charge < -0.3 is 0 Å². The highest BCUT2D eigenvalue weighted by Crippen LogP contribution is 2.40. The van der Waals surface area contributed by atoms with E-state index in [1.54, 1.807) is 0 Å². The van der Waals surface area contributed by atoms with E-state index >= 15 is 0 Å². The standard InChI is InChI=1S/C57H37N3/c1-3-14-38(15-4-1)39-26-28-40(29-27-39)45-20-13-21-47(36-45)56-58-55(59-57(60-56)52-25-12-11-22-48(52)41-16-5-2-6-17-41)44-32-30-43(31-33-44)54-50-24-10-8-19-46(50)37-53-49-23-9-7-18-42(49)34-35-51(53)54/h1-37H. The molecular weight excluding hydrogens is 727 g/mol. The van der Waals surface area contributed by atoms with Gasteiger partial charge in [0.05, 0.1) is 0 Å². The van der Waals surface area contributed by atoms with Crippen LogP contribution in [-0.2, 0) is 0 Å². The van der Waals surface area contributed by atoms with Gasteiger partial charge in [-0.2, -0.15) is 0 Å². The quantitative estimate of drug-likeness (QED) is 0.120. The van der Waals surface area contributed by atoms with Crippen molar-refractivity contribution >= 4 is 32.3 Å². The van der Waals surface area contributed by atoms with E-state index in [0.29, 0.717) is 17.5 Å². The summed E-state index contributed by atoms with van der Waals surface area (Å²) in [4.78, 5) is 15.6. The van der Waals surface area contributed by atoms with Crippen molar-refractivity contribution in [1.82, 2.24) is 15.0 Å². The smallest absolute Gasteiger partial charge is 0.164 e. The first-order valence-electron chi connectivity index (χ1n) is 20.3. The largest absolute Gasteiger partial charge is 0.208 e. The van der Waals surface area contributed by atoms with E-state index in [9.17, 15) is 0 Å². The van der Waals surface area contributed by atoms with Crippen LogP contribution in [0.15, 0.2) is 224 Å². The van der Waals surface area contributed by atoms with Crippen molar-refractivity contribution in [3.05, 3.63) is 224 Å². The van der Waals surface area contributed by atoms with E-state index in [2.05, 4.69) is 212 Å². The first-order valence-corrected chi connectivity index (χ1v) is 20.3. The van der Waals surface area contributed by atoms with Crippen molar-refractivity contribution < 1.29 is 0 Å². The van der Waals surface area contributed by atoms with Gasteiger partial charge in [-0.25, -0.2) is 15.0 Å². The molecule has 11 rings (SSSR count). The molecule has 0 fully saturated rings. The summed E-state index contributed by atoms with van der Waals surface area (Å²) in [5.74, 6) is 1.87. The number of fused-ring (bicyclic) bond motifs is 4. The van der Waals surface area contributed by atoms with Crippen molar-refractivity contribution in [2.45, 2.75) is 0 Å². The fraction of sp³-hybridized carbons (Fsp3) is 0. The molecule has 10 aromatic carbocycles. The minimum absolute atomic E-state index is 0.621. The minimum Gasteiger partial charge on any atom is -0.208 e. The van der Waals surface area contributed by atoms with E-state index in [-0.39, 0.29) is 0 Å². The molecule has 60 heavy (non-hydrogen) atoms. The fourth-order valence-electron chi connectivity index (χ4n) is 8.54. The Morgan fingerprint density at radius 1 is 0.217 bits per heavy atom. The van der Waals surface area contributed by atoms with Gasteiger partial charge in [-0.3, -0.25) is 0 Å². The third-order valence-electron chi connectivity index (χ3n) is 11.5. The number of aromatic nitrogens is 3. The maximum Gasteiger partial charge on any atom is 0.164 e. The molecule has 0 aliphatic carbocycles. The highest BCUT2D eigenvalue weighted by Gasteiger charge is 2.18. The van der Waals surface area contributed by atoms with E-state index < -0.39 is 0 Å². The summed E-state index contributed by atoms with van der Waals surface area (Å²) in [5, 5.41) is 7.43. The summed E-state index contributed by atoms with van der Waals surface area (Å²) in [6.45, 7) is 0. The molecule has 1 aromatic heterocycles. The predicted molar refractivity (Wildman–Crippen MR) is 250 cm³/mol. The average molecular weight is 764 g/mol. The van der Waals surface area contributed by atoms with Gasteiger partial charge in [0.15, 0.2) is 17.5 Å². The molecule has 280 valence electrons. The van der Waals surface area contributed by atoms with Crippen LogP contribution in [0.1, 0.15) is 0 Å². The molecule has 0 spiro atoms. The summed E-state index contributed by atoms with van der Waals surface area (Å²) < 4.78 is 0. The van der Waals surface area contributed by atoms with Crippen LogP contribution in [0.3, 0.4) is 0 Å². The minimum atomic E-state index is 0.621. The number of benzene rings is 10. The summed E-state index contributed by atoms with van der Waals surface area (Å²) in [6, 6.07) is 79.4. The highest BCUT2D eigenvalue weighted by molar-refractivity contribution is 6.20. The molecule has 0 aliphatic heterocycles. The number of hydrogen-bond donors (Lipinski definition) is 0. The van der Waals surface area contributed by atoms with Crippen LogP contribution in [0.4, 0.5) is 0 Å². The summed E-state index contributed by atoms with van der Waals surface area (Å²) in [7, 11) is 0. The first kappa shape index (κ1) is 35.2. The molecule has 0 amide bonds. The van der Waals surface area contributed by atoms with E-state index in [4.69, 9.17) is 15.0 Å². The van der Waals surface area contributed by atoms with Gasteiger partial charge in [-0.15, -0.1) is 0 Å². The SMILES string of the molecule is c1ccc(-c2ccc(-c3cccc(-c4nc(-c5ccc(-c6c7ccccc7cc7c6ccc6ccccc67)cc5)nc(-c5ccccc5-c5ccccc5)n4)c3)cc2)cc1. The molecule has 0 radical (unpaired) electrons. The maximum absolute atomic E-state index is 5.22. The van der Waals surface area contributed by atoms with E-state index in [0.717, 1.165) is 44.5 Å². The molecule has 0 saturated carbocycles. The monoisotopic (exact) mass is 763 g/mol. The number of hydrogen-bond acceptors (Lipinski definition) is 3. The summed E-state index contributed by atoms with van der Waals surface area (Å²) >= 11 is 0. The molecule has 0 atom stereocenters. The Balaban J connectivity index is 1.04. The lowest BCUT2D eigenvalue weighted by atomic mass is 9.89. The van der Waals surface area contributed by atoms with Crippen LogP contribution in [0.2, 0.25) is 0 Å². The third kappa shape index (κ3) is 6.49. The maximum atomic E-state index is 5.22. The van der Waals surface area contributed by atoms with Gasteiger partial charge in [0.25, 0.3) is 0 Å². The summed E-state index contributed by atoms with van der Waals surface area (Å²) in [6.07, 6.45) is 0. The molecule has 3 nitrogen and oxygen atoms in total. The Bertz CT molecular complexity index is 3340. The zero-order valence-corrected chi connectivity index (χ0v) is 32.7. The van der Waals surface area contributed by atoms with Gasteiger partial charge in [0.1, 0.15) is 0 Å². The van der Waals surface area contributed by atoms with Crippen LogP contribution in [0.25, 0.3) is 111 Å². The average Bonchev–Trinajstić information content (AvgIpc) is 3.34. The second kappa shape index (κ2) is 15.1. The van der Waals surface area contributed by atoms with Gasteiger partial charge in [0.2, 0.25) is 0 Å². The Morgan fingerprint density at radius 2 is 0.717 bits per heavy atom.